The number of nitrogens with zero attached hydrogens (tertiary/aromatic N) is 4. The number of carbonyl (C=O) groups excluding carboxylic acids is 2. The molecule has 0 fully saturated rings. The van der Waals surface area contributed by atoms with Crippen LogP contribution in [0.3, 0.4) is 0 Å². The van der Waals surface area contributed by atoms with E-state index in [2.05, 4.69) is 16.3 Å². The highest BCUT2D eigenvalue weighted by atomic mass is 32.2. The third-order valence-corrected chi connectivity index (χ3v) is 6.37. The van der Waals surface area contributed by atoms with Crippen LogP contribution < -0.4 is 10.6 Å². The van der Waals surface area contributed by atoms with Gasteiger partial charge in [-0.3, -0.25) is 9.59 Å². The van der Waals surface area contributed by atoms with Gasteiger partial charge in [-0.25, -0.2) is 0 Å². The van der Waals surface area contributed by atoms with Crippen molar-refractivity contribution in [2.24, 2.45) is 5.73 Å². The van der Waals surface area contributed by atoms with Gasteiger partial charge in [-0.15, -0.1) is 21.5 Å². The Bertz CT molecular complexity index is 1000. The van der Waals surface area contributed by atoms with Gasteiger partial charge in [-0.2, -0.15) is 0 Å². The van der Waals surface area contributed by atoms with E-state index in [4.69, 9.17) is 5.73 Å². The molecule has 9 heteroatoms. The van der Waals surface area contributed by atoms with E-state index in [1.54, 1.807) is 11.3 Å². The van der Waals surface area contributed by atoms with Crippen molar-refractivity contribution in [1.82, 2.24) is 14.8 Å². The number of benzene rings is 1. The quantitative estimate of drug-likeness (QED) is 0.601. The van der Waals surface area contributed by atoms with Gasteiger partial charge < -0.3 is 15.2 Å². The molecular formula is C19H19N5O2S2. The summed E-state index contributed by atoms with van der Waals surface area (Å²) in [4.78, 5) is 26.8. The van der Waals surface area contributed by atoms with E-state index in [1.165, 1.54) is 17.3 Å². The Morgan fingerprint density at radius 2 is 2.04 bits per heavy atom. The summed E-state index contributed by atoms with van der Waals surface area (Å²) in [5.41, 5.74) is 7.51. The second-order valence-corrected chi connectivity index (χ2v) is 8.25. The van der Waals surface area contributed by atoms with Crippen LogP contribution >= 0.6 is 23.1 Å². The fraction of sp³-hybridized carbons (Fsp3) is 0.263. The number of hydrogen-bond donors (Lipinski definition) is 1. The van der Waals surface area contributed by atoms with E-state index in [-0.39, 0.29) is 24.0 Å². The maximum Gasteiger partial charge on any atom is 0.237 e. The van der Waals surface area contributed by atoms with Crippen LogP contribution in [0.2, 0.25) is 0 Å². The average Bonchev–Trinajstić information content (AvgIpc) is 3.43. The Balaban J connectivity index is 1.50. The van der Waals surface area contributed by atoms with Crippen LogP contribution in [-0.2, 0) is 22.6 Å². The molecule has 0 saturated carbocycles. The lowest BCUT2D eigenvalue weighted by Crippen LogP contribution is -2.30. The maximum absolute atomic E-state index is 12.8. The van der Waals surface area contributed by atoms with Crippen molar-refractivity contribution in [3.63, 3.8) is 0 Å². The lowest BCUT2D eigenvalue weighted by Gasteiger charge is -2.17. The van der Waals surface area contributed by atoms with Gasteiger partial charge in [0.05, 0.1) is 10.6 Å². The highest BCUT2D eigenvalue weighted by Gasteiger charge is 2.25. The molecule has 0 spiro atoms. The third kappa shape index (κ3) is 3.81. The molecule has 7 nitrogen and oxygen atoms in total. The number of fused-ring (bicyclic) bond motifs is 1. The van der Waals surface area contributed by atoms with Gasteiger partial charge in [0.15, 0.2) is 11.0 Å². The number of carbonyl (C=O) groups is 2. The van der Waals surface area contributed by atoms with E-state index in [0.717, 1.165) is 17.0 Å². The van der Waals surface area contributed by atoms with E-state index < -0.39 is 0 Å². The molecule has 28 heavy (non-hydrogen) atoms. The van der Waals surface area contributed by atoms with Gasteiger partial charge in [-0.05, 0) is 29.5 Å². The molecule has 0 saturated heterocycles. The summed E-state index contributed by atoms with van der Waals surface area (Å²) in [5.74, 6) is 0.606. The van der Waals surface area contributed by atoms with Crippen LogP contribution in [0.15, 0.2) is 46.9 Å². The fourth-order valence-electron chi connectivity index (χ4n) is 3.21. The molecule has 2 aromatic heterocycles. The van der Waals surface area contributed by atoms with E-state index in [1.807, 2.05) is 45.2 Å². The molecule has 0 bridgehead atoms. The van der Waals surface area contributed by atoms with Gasteiger partial charge in [0.25, 0.3) is 0 Å². The normalized spacial score (nSPS) is 12.9. The number of para-hydroxylation sites is 1. The van der Waals surface area contributed by atoms with Crippen LogP contribution in [0.1, 0.15) is 12.0 Å². The van der Waals surface area contributed by atoms with Gasteiger partial charge in [-0.1, -0.05) is 36.0 Å². The predicted octanol–water partition coefficient (Wildman–Crippen LogP) is 2.56. The minimum absolute atomic E-state index is 0.0390. The average molecular weight is 414 g/mol. The van der Waals surface area contributed by atoms with Gasteiger partial charge in [0.1, 0.15) is 0 Å². The third-order valence-electron chi connectivity index (χ3n) is 4.55. The van der Waals surface area contributed by atoms with Crippen molar-refractivity contribution in [2.45, 2.75) is 24.5 Å². The van der Waals surface area contributed by atoms with Crippen LogP contribution in [0.4, 0.5) is 5.69 Å². The molecule has 1 aliphatic rings. The van der Waals surface area contributed by atoms with E-state index in [9.17, 15) is 9.59 Å². The largest absolute Gasteiger partial charge is 0.370 e. The van der Waals surface area contributed by atoms with E-state index >= 15 is 0 Å². The molecule has 0 unspecified atom stereocenters. The summed E-state index contributed by atoms with van der Waals surface area (Å²) >= 11 is 2.89. The van der Waals surface area contributed by atoms with Gasteiger partial charge in [0, 0.05) is 25.2 Å². The second-order valence-electron chi connectivity index (χ2n) is 6.36. The lowest BCUT2D eigenvalue weighted by atomic mass is 10.2. The number of anilines is 1. The molecule has 3 heterocycles. The molecule has 0 aliphatic carbocycles. The lowest BCUT2D eigenvalue weighted by molar-refractivity contribution is -0.118. The SMILES string of the molecule is NC(=O)CCn1c(SCC(=O)N2CCc3ccccc32)nnc1-c1cccs1. The molecule has 1 aliphatic heterocycles. The number of nitrogens with two attached hydrogens (primary N) is 1. The second kappa shape index (κ2) is 8.15. The first-order valence-corrected chi connectivity index (χ1v) is 10.8. The smallest absolute Gasteiger partial charge is 0.237 e. The van der Waals surface area contributed by atoms with Crippen molar-refractivity contribution in [3.8, 4) is 10.7 Å². The molecule has 2 N–H and O–H groups in total. The number of thiophene rings is 1. The molecule has 0 radical (unpaired) electrons. The Labute approximate surface area is 170 Å². The molecule has 3 aromatic rings. The van der Waals surface area contributed by atoms with Crippen molar-refractivity contribution < 1.29 is 9.59 Å². The van der Waals surface area contributed by atoms with E-state index in [0.29, 0.717) is 24.1 Å². The topological polar surface area (TPSA) is 94.1 Å². The first kappa shape index (κ1) is 18.7. The zero-order chi connectivity index (χ0) is 19.5. The number of thioether (sulfide) groups is 1. The zero-order valence-corrected chi connectivity index (χ0v) is 16.7. The first-order chi connectivity index (χ1) is 13.6. The Morgan fingerprint density at radius 1 is 1.18 bits per heavy atom. The van der Waals surface area contributed by atoms with Gasteiger partial charge >= 0.3 is 0 Å². The highest BCUT2D eigenvalue weighted by Crippen LogP contribution is 2.30. The Morgan fingerprint density at radius 3 is 2.82 bits per heavy atom. The van der Waals surface area contributed by atoms with Crippen LogP contribution in [0, 0.1) is 0 Å². The molecular weight excluding hydrogens is 394 g/mol. The summed E-state index contributed by atoms with van der Waals surface area (Å²) in [7, 11) is 0. The maximum atomic E-state index is 12.8. The number of rotatable bonds is 7. The van der Waals surface area contributed by atoms with Crippen molar-refractivity contribution in [1.29, 1.82) is 0 Å². The van der Waals surface area contributed by atoms with Crippen LogP contribution in [0.25, 0.3) is 10.7 Å². The molecule has 1 aromatic carbocycles. The molecule has 144 valence electrons. The highest BCUT2D eigenvalue weighted by molar-refractivity contribution is 7.99. The summed E-state index contributed by atoms with van der Waals surface area (Å²) in [6, 6.07) is 11.9. The summed E-state index contributed by atoms with van der Waals surface area (Å²) in [5, 5.41) is 11.1. The van der Waals surface area contributed by atoms with Gasteiger partial charge in [0.2, 0.25) is 11.8 Å². The summed E-state index contributed by atoms with van der Waals surface area (Å²) < 4.78 is 1.87. The summed E-state index contributed by atoms with van der Waals surface area (Å²) in [6.07, 6.45) is 1.07. The monoisotopic (exact) mass is 413 g/mol. The minimum Gasteiger partial charge on any atom is -0.370 e. The fourth-order valence-corrected chi connectivity index (χ4v) is 4.77. The number of hydrogen-bond acceptors (Lipinski definition) is 6. The molecule has 0 atom stereocenters. The first-order valence-electron chi connectivity index (χ1n) is 8.90. The summed E-state index contributed by atoms with van der Waals surface area (Å²) in [6.45, 7) is 1.09. The number of primary amides is 1. The van der Waals surface area contributed by atoms with Crippen LogP contribution in [-0.4, -0.2) is 38.9 Å². The van der Waals surface area contributed by atoms with Crippen LogP contribution in [0.5, 0.6) is 0 Å². The minimum atomic E-state index is -0.383. The Kier molecular flexibility index (Phi) is 5.45. The molecule has 4 rings (SSSR count). The molecule has 2 amide bonds. The Hall–Kier alpha value is -2.65. The van der Waals surface area contributed by atoms with Crippen molar-refractivity contribution in [3.05, 3.63) is 47.3 Å². The number of amides is 2. The number of aromatic nitrogens is 3. The standard InChI is InChI=1S/C19H19N5O2S2/c20-16(25)8-10-24-18(15-6-3-11-27-15)21-22-19(24)28-12-17(26)23-9-7-13-4-1-2-5-14(13)23/h1-6,11H,7-10,12H2,(H2,20,25). The van der Waals surface area contributed by atoms with Crippen molar-refractivity contribution >= 4 is 40.6 Å². The zero-order valence-electron chi connectivity index (χ0n) is 15.1. The van der Waals surface area contributed by atoms with Crippen molar-refractivity contribution in [2.75, 3.05) is 17.2 Å². The predicted molar refractivity (Wildman–Crippen MR) is 110 cm³/mol.